The van der Waals surface area contributed by atoms with Crippen molar-refractivity contribution in [2.45, 2.75) is 99.8 Å². The topological polar surface area (TPSA) is 37.3 Å². The van der Waals surface area contributed by atoms with Gasteiger partial charge in [-0.05, 0) is 80.2 Å². The number of phenols is 1. The summed E-state index contributed by atoms with van der Waals surface area (Å²) in [6, 6.07) is 12.8. The second-order valence-corrected chi connectivity index (χ2v) is 9.87. The third kappa shape index (κ3) is 8.85. The number of ketones is 1. The number of aromatic hydroxyl groups is 1. The predicted molar refractivity (Wildman–Crippen MR) is 149 cm³/mol. The molecule has 0 heterocycles. The first-order valence-electron chi connectivity index (χ1n) is 12.3. The first-order chi connectivity index (χ1) is 15.4. The quantitative estimate of drug-likeness (QED) is 0.395. The number of Topliss-reactive ketones (excluding diaryl/α,β-unsaturated/α-hetero) is 1. The van der Waals surface area contributed by atoms with E-state index in [0.717, 1.165) is 37.7 Å². The van der Waals surface area contributed by atoms with Crippen molar-refractivity contribution in [2.75, 3.05) is 6.26 Å². The molecule has 0 atom stereocenters. The SMILES string of the molecule is CCC(CC)(c1ccc(C)c(C)c1)c1ccc(O)c(C)c1.CCCCC(=O)C(C)(C)C.CS. The van der Waals surface area contributed by atoms with Gasteiger partial charge in [-0.2, -0.15) is 12.6 Å². The molecule has 0 saturated heterocycles. The van der Waals surface area contributed by atoms with Gasteiger partial charge in [0.1, 0.15) is 11.5 Å². The van der Waals surface area contributed by atoms with Crippen LogP contribution >= 0.6 is 12.6 Å². The van der Waals surface area contributed by atoms with Crippen LogP contribution in [0.3, 0.4) is 0 Å². The Morgan fingerprint density at radius 3 is 1.70 bits per heavy atom. The van der Waals surface area contributed by atoms with Crippen LogP contribution in [0.5, 0.6) is 5.75 Å². The van der Waals surface area contributed by atoms with Gasteiger partial charge < -0.3 is 5.11 Å². The number of carbonyl (C=O) groups excluding carboxylic acids is 1. The van der Waals surface area contributed by atoms with E-state index in [2.05, 4.69) is 77.6 Å². The number of phenolic OH excluding ortho intramolecular Hbond substituents is 1. The zero-order valence-corrected chi connectivity index (χ0v) is 23.7. The maximum absolute atomic E-state index is 11.2. The maximum atomic E-state index is 11.2. The van der Waals surface area contributed by atoms with Gasteiger partial charge in [-0.3, -0.25) is 4.79 Å². The van der Waals surface area contributed by atoms with Crippen molar-refractivity contribution in [3.63, 3.8) is 0 Å². The Hall–Kier alpha value is -1.74. The fraction of sp³-hybridized carbons (Fsp3) is 0.567. The Bertz CT molecular complexity index is 805. The second-order valence-electron chi connectivity index (χ2n) is 9.87. The Balaban J connectivity index is 0.000000722. The van der Waals surface area contributed by atoms with Crippen molar-refractivity contribution < 1.29 is 9.90 Å². The average molecular weight is 473 g/mol. The van der Waals surface area contributed by atoms with Crippen LogP contribution in [0.4, 0.5) is 0 Å². The molecule has 0 radical (unpaired) electrons. The summed E-state index contributed by atoms with van der Waals surface area (Å²) in [5.41, 5.74) is 6.19. The summed E-state index contributed by atoms with van der Waals surface area (Å²) in [6.07, 6.45) is 6.70. The summed E-state index contributed by atoms with van der Waals surface area (Å²) in [7, 11) is 0. The molecule has 2 aromatic rings. The summed E-state index contributed by atoms with van der Waals surface area (Å²) < 4.78 is 0. The van der Waals surface area contributed by atoms with Crippen LogP contribution in [0.25, 0.3) is 0 Å². The molecule has 0 amide bonds. The summed E-state index contributed by atoms with van der Waals surface area (Å²) in [4.78, 5) is 11.2. The van der Waals surface area contributed by atoms with Crippen molar-refractivity contribution in [1.82, 2.24) is 0 Å². The molecule has 0 aliphatic rings. The summed E-state index contributed by atoms with van der Waals surface area (Å²) in [6.45, 7) is 18.8. The van der Waals surface area contributed by atoms with Gasteiger partial charge in [-0.1, -0.05) is 78.3 Å². The Labute approximate surface area is 209 Å². The molecule has 0 aliphatic heterocycles. The summed E-state index contributed by atoms with van der Waals surface area (Å²) in [5.74, 6) is 0.759. The summed E-state index contributed by atoms with van der Waals surface area (Å²) in [5, 5.41) is 9.81. The van der Waals surface area contributed by atoms with E-state index < -0.39 is 0 Å². The lowest BCUT2D eigenvalue weighted by atomic mass is 9.70. The molecule has 33 heavy (non-hydrogen) atoms. The molecule has 2 rings (SSSR count). The van der Waals surface area contributed by atoms with Crippen LogP contribution in [-0.2, 0) is 10.2 Å². The fourth-order valence-electron chi connectivity index (χ4n) is 3.94. The highest BCUT2D eigenvalue weighted by Crippen LogP contribution is 2.40. The van der Waals surface area contributed by atoms with Crippen LogP contribution in [0.2, 0.25) is 0 Å². The van der Waals surface area contributed by atoms with Crippen LogP contribution < -0.4 is 0 Å². The minimum absolute atomic E-state index is 0.0247. The third-order valence-electron chi connectivity index (χ3n) is 6.61. The standard InChI is InChI=1S/C20H26O.C9H18O.CH4S/c1-6-20(7-2,17-9-8-14(3)15(4)12-17)18-10-11-19(21)16(5)13-18;1-5-6-7-8(10)9(2,3)4;1-2/h8-13,21H,6-7H2,1-5H3;5-7H2,1-4H3;2H,1H3. The third-order valence-corrected chi connectivity index (χ3v) is 6.61. The van der Waals surface area contributed by atoms with Gasteiger partial charge in [0.05, 0.1) is 0 Å². The Morgan fingerprint density at radius 2 is 1.30 bits per heavy atom. The maximum Gasteiger partial charge on any atom is 0.138 e. The normalized spacial score (nSPS) is 11.1. The Kier molecular flexibility index (Phi) is 13.7. The first-order valence-corrected chi connectivity index (χ1v) is 13.2. The van der Waals surface area contributed by atoms with Gasteiger partial charge in [0.2, 0.25) is 0 Å². The molecule has 0 spiro atoms. The van der Waals surface area contributed by atoms with Gasteiger partial charge in [-0.15, -0.1) is 0 Å². The van der Waals surface area contributed by atoms with Gasteiger partial charge >= 0.3 is 0 Å². The van der Waals surface area contributed by atoms with Crippen LogP contribution in [0.1, 0.15) is 101 Å². The van der Waals surface area contributed by atoms with Gasteiger partial charge in [-0.25, -0.2) is 0 Å². The van der Waals surface area contributed by atoms with E-state index in [1.165, 1.54) is 22.3 Å². The predicted octanol–water partition coefficient (Wildman–Crippen LogP) is 8.76. The highest BCUT2D eigenvalue weighted by atomic mass is 32.1. The van der Waals surface area contributed by atoms with Crippen molar-refractivity contribution in [3.8, 4) is 5.75 Å². The monoisotopic (exact) mass is 472 g/mol. The molecule has 0 aliphatic carbocycles. The second kappa shape index (κ2) is 14.5. The molecule has 0 aromatic heterocycles. The lowest BCUT2D eigenvalue weighted by Gasteiger charge is -2.34. The number of hydrogen-bond acceptors (Lipinski definition) is 3. The van der Waals surface area contributed by atoms with Gasteiger partial charge in [0.15, 0.2) is 0 Å². The van der Waals surface area contributed by atoms with Crippen LogP contribution in [0.15, 0.2) is 36.4 Å². The van der Waals surface area contributed by atoms with E-state index in [1.54, 1.807) is 6.26 Å². The molecule has 2 nitrogen and oxygen atoms in total. The van der Waals surface area contributed by atoms with Crippen molar-refractivity contribution in [1.29, 1.82) is 0 Å². The number of hydrogen-bond donors (Lipinski definition) is 2. The molecule has 0 saturated carbocycles. The fourth-order valence-corrected chi connectivity index (χ4v) is 3.94. The van der Waals surface area contributed by atoms with Gasteiger partial charge in [0, 0.05) is 17.3 Å². The largest absolute Gasteiger partial charge is 0.508 e. The number of benzene rings is 2. The van der Waals surface area contributed by atoms with Crippen LogP contribution in [0, 0.1) is 26.2 Å². The lowest BCUT2D eigenvalue weighted by molar-refractivity contribution is -0.126. The van der Waals surface area contributed by atoms with E-state index in [0.29, 0.717) is 11.5 Å². The summed E-state index contributed by atoms with van der Waals surface area (Å²) >= 11 is 3.53. The van der Waals surface area contributed by atoms with E-state index in [4.69, 9.17) is 0 Å². The lowest BCUT2D eigenvalue weighted by Crippen LogP contribution is -2.26. The van der Waals surface area contributed by atoms with Crippen LogP contribution in [-0.4, -0.2) is 17.1 Å². The average Bonchev–Trinajstić information content (AvgIpc) is 2.79. The molecule has 0 bridgehead atoms. The number of aryl methyl sites for hydroxylation is 3. The Morgan fingerprint density at radius 1 is 0.818 bits per heavy atom. The molecule has 0 unspecified atom stereocenters. The molecule has 2 aromatic carbocycles. The van der Waals surface area contributed by atoms with Crippen molar-refractivity contribution in [2.24, 2.45) is 5.41 Å². The number of thiol groups is 1. The number of carbonyl (C=O) groups is 1. The van der Waals surface area contributed by atoms with Gasteiger partial charge in [0.25, 0.3) is 0 Å². The van der Waals surface area contributed by atoms with E-state index in [1.807, 2.05) is 33.8 Å². The van der Waals surface area contributed by atoms with Crippen molar-refractivity contribution >= 4 is 18.4 Å². The minimum atomic E-state index is -0.130. The molecular formula is C30H48O2S. The molecule has 0 fully saturated rings. The molecule has 3 heteroatoms. The highest BCUT2D eigenvalue weighted by molar-refractivity contribution is 7.79. The molecule has 1 N–H and O–H groups in total. The minimum Gasteiger partial charge on any atom is -0.508 e. The van der Waals surface area contributed by atoms with Crippen molar-refractivity contribution in [3.05, 3.63) is 64.2 Å². The zero-order valence-electron chi connectivity index (χ0n) is 22.8. The number of rotatable bonds is 7. The number of unbranched alkanes of at least 4 members (excludes halogenated alkanes) is 1. The molecule has 186 valence electrons. The zero-order chi connectivity index (χ0) is 25.8. The highest BCUT2D eigenvalue weighted by Gasteiger charge is 2.31. The van der Waals surface area contributed by atoms with E-state index in [-0.39, 0.29) is 10.8 Å². The molecular weight excluding hydrogens is 424 g/mol. The van der Waals surface area contributed by atoms with E-state index >= 15 is 0 Å². The van der Waals surface area contributed by atoms with E-state index in [9.17, 15) is 9.90 Å². The smallest absolute Gasteiger partial charge is 0.138 e. The first kappa shape index (κ1) is 31.3.